The lowest BCUT2D eigenvalue weighted by atomic mass is 10.1. The molecule has 134 valence electrons. The van der Waals surface area contributed by atoms with Gasteiger partial charge in [0.2, 0.25) is 5.91 Å². The zero-order valence-electron chi connectivity index (χ0n) is 14.4. The Bertz CT molecular complexity index is 766. The molecule has 0 spiro atoms. The maximum absolute atomic E-state index is 12.0. The molecular formula is C18H20Cl2N2O3. The Hall–Kier alpha value is -1.98. The zero-order valence-corrected chi connectivity index (χ0v) is 15.9. The SMILES string of the molecule is COc1c(C)cnc(CNC(=O)CCOc2ccc(Cl)c(Cl)c2)c1C. The summed E-state index contributed by atoms with van der Waals surface area (Å²) in [5.74, 6) is 1.24. The summed E-state index contributed by atoms with van der Waals surface area (Å²) in [5.41, 5.74) is 2.67. The van der Waals surface area contributed by atoms with Crippen molar-refractivity contribution in [2.75, 3.05) is 13.7 Å². The van der Waals surface area contributed by atoms with Gasteiger partial charge in [-0.2, -0.15) is 0 Å². The quantitative estimate of drug-likeness (QED) is 0.782. The number of aryl methyl sites for hydroxylation is 1. The van der Waals surface area contributed by atoms with Crippen LogP contribution in [-0.4, -0.2) is 24.6 Å². The van der Waals surface area contributed by atoms with Crippen molar-refractivity contribution in [3.05, 3.63) is 51.3 Å². The Morgan fingerprint density at radius 1 is 1.24 bits per heavy atom. The average molecular weight is 383 g/mol. The molecule has 0 saturated carbocycles. The molecule has 0 bridgehead atoms. The Morgan fingerprint density at radius 3 is 2.68 bits per heavy atom. The third kappa shape index (κ3) is 5.25. The molecule has 0 radical (unpaired) electrons. The monoisotopic (exact) mass is 382 g/mol. The summed E-state index contributed by atoms with van der Waals surface area (Å²) in [7, 11) is 1.62. The molecule has 0 saturated heterocycles. The summed E-state index contributed by atoms with van der Waals surface area (Å²) < 4.78 is 10.9. The normalized spacial score (nSPS) is 10.4. The van der Waals surface area contributed by atoms with E-state index in [-0.39, 0.29) is 18.9 Å². The zero-order chi connectivity index (χ0) is 18.4. The lowest BCUT2D eigenvalue weighted by Crippen LogP contribution is -2.25. The highest BCUT2D eigenvalue weighted by Gasteiger charge is 2.10. The van der Waals surface area contributed by atoms with Crippen molar-refractivity contribution in [2.24, 2.45) is 0 Å². The molecular weight excluding hydrogens is 363 g/mol. The van der Waals surface area contributed by atoms with Gasteiger partial charge in [-0.25, -0.2) is 0 Å². The fourth-order valence-corrected chi connectivity index (χ4v) is 2.64. The third-order valence-electron chi connectivity index (χ3n) is 3.69. The van der Waals surface area contributed by atoms with Gasteiger partial charge in [-0.05, 0) is 26.0 Å². The van der Waals surface area contributed by atoms with Crippen LogP contribution in [0.1, 0.15) is 23.2 Å². The molecule has 2 aromatic rings. The number of rotatable bonds is 7. The van der Waals surface area contributed by atoms with Crippen LogP contribution >= 0.6 is 23.2 Å². The standard InChI is InChI=1S/C18H20Cl2N2O3/c1-11-9-21-16(12(2)18(11)24-3)10-22-17(23)6-7-25-13-4-5-14(19)15(20)8-13/h4-5,8-9H,6-7,10H2,1-3H3,(H,22,23). The van der Waals surface area contributed by atoms with Crippen LogP contribution in [0.2, 0.25) is 10.0 Å². The Labute approximate surface area is 157 Å². The van der Waals surface area contributed by atoms with Crippen LogP contribution in [0.3, 0.4) is 0 Å². The smallest absolute Gasteiger partial charge is 0.223 e. The summed E-state index contributed by atoms with van der Waals surface area (Å²) in [6.45, 7) is 4.44. The van der Waals surface area contributed by atoms with Gasteiger partial charge < -0.3 is 14.8 Å². The van der Waals surface area contributed by atoms with E-state index < -0.39 is 0 Å². The van der Waals surface area contributed by atoms with Crippen LogP contribution in [0.5, 0.6) is 11.5 Å². The lowest BCUT2D eigenvalue weighted by molar-refractivity contribution is -0.121. The molecule has 0 aliphatic heterocycles. The van der Waals surface area contributed by atoms with E-state index in [9.17, 15) is 4.79 Å². The Kier molecular flexibility index (Phi) is 6.91. The van der Waals surface area contributed by atoms with Crippen LogP contribution in [0.15, 0.2) is 24.4 Å². The van der Waals surface area contributed by atoms with Crippen molar-refractivity contribution in [3.63, 3.8) is 0 Å². The molecule has 0 unspecified atom stereocenters. The number of nitrogens with zero attached hydrogens (tertiary/aromatic N) is 1. The first-order chi connectivity index (χ1) is 11.9. The minimum absolute atomic E-state index is 0.124. The first-order valence-electron chi connectivity index (χ1n) is 7.76. The number of amides is 1. The van der Waals surface area contributed by atoms with Gasteiger partial charge in [-0.15, -0.1) is 0 Å². The van der Waals surface area contributed by atoms with E-state index in [0.29, 0.717) is 22.3 Å². The largest absolute Gasteiger partial charge is 0.496 e. The molecule has 5 nitrogen and oxygen atoms in total. The molecule has 2 rings (SSSR count). The first kappa shape index (κ1) is 19.3. The van der Waals surface area contributed by atoms with Crippen molar-refractivity contribution in [1.82, 2.24) is 10.3 Å². The first-order valence-corrected chi connectivity index (χ1v) is 8.51. The summed E-state index contributed by atoms with van der Waals surface area (Å²) in [6, 6.07) is 4.98. The maximum atomic E-state index is 12.0. The van der Waals surface area contributed by atoms with E-state index in [0.717, 1.165) is 22.6 Å². The molecule has 0 aliphatic carbocycles. The van der Waals surface area contributed by atoms with Gasteiger partial charge in [-0.3, -0.25) is 9.78 Å². The number of carbonyl (C=O) groups is 1. The van der Waals surface area contributed by atoms with Gasteiger partial charge in [0.25, 0.3) is 0 Å². The molecule has 25 heavy (non-hydrogen) atoms. The fourth-order valence-electron chi connectivity index (χ4n) is 2.35. The fraction of sp³-hybridized carbons (Fsp3) is 0.333. The number of carbonyl (C=O) groups excluding carboxylic acids is 1. The predicted octanol–water partition coefficient (Wildman–Crippen LogP) is 4.10. The molecule has 0 aliphatic rings. The van der Waals surface area contributed by atoms with E-state index in [1.807, 2.05) is 13.8 Å². The predicted molar refractivity (Wildman–Crippen MR) is 98.7 cm³/mol. The molecule has 1 N–H and O–H groups in total. The van der Waals surface area contributed by atoms with Gasteiger partial charge in [0.05, 0.1) is 42.4 Å². The Balaban J connectivity index is 1.82. The minimum Gasteiger partial charge on any atom is -0.496 e. The maximum Gasteiger partial charge on any atom is 0.223 e. The van der Waals surface area contributed by atoms with Crippen molar-refractivity contribution >= 4 is 29.1 Å². The Morgan fingerprint density at radius 2 is 2.00 bits per heavy atom. The van der Waals surface area contributed by atoms with Gasteiger partial charge >= 0.3 is 0 Å². The third-order valence-corrected chi connectivity index (χ3v) is 4.43. The average Bonchev–Trinajstić information content (AvgIpc) is 2.58. The van der Waals surface area contributed by atoms with Crippen LogP contribution in [0.4, 0.5) is 0 Å². The number of hydrogen-bond acceptors (Lipinski definition) is 4. The van der Waals surface area contributed by atoms with Crippen LogP contribution in [0.25, 0.3) is 0 Å². The topological polar surface area (TPSA) is 60.5 Å². The second kappa shape index (κ2) is 8.92. The number of halogens is 2. The van der Waals surface area contributed by atoms with Crippen LogP contribution in [-0.2, 0) is 11.3 Å². The second-order valence-electron chi connectivity index (χ2n) is 5.50. The number of ether oxygens (including phenoxy) is 2. The van der Waals surface area contributed by atoms with Gasteiger partial charge in [0.1, 0.15) is 11.5 Å². The van der Waals surface area contributed by atoms with Crippen LogP contribution < -0.4 is 14.8 Å². The van der Waals surface area contributed by atoms with Gasteiger partial charge in [0, 0.05) is 23.4 Å². The molecule has 0 atom stereocenters. The highest BCUT2D eigenvalue weighted by atomic mass is 35.5. The lowest BCUT2D eigenvalue weighted by Gasteiger charge is -2.13. The van der Waals surface area contributed by atoms with E-state index in [1.165, 1.54) is 0 Å². The molecule has 1 aromatic carbocycles. The van der Waals surface area contributed by atoms with Crippen molar-refractivity contribution in [1.29, 1.82) is 0 Å². The van der Waals surface area contributed by atoms with E-state index >= 15 is 0 Å². The number of aromatic nitrogens is 1. The number of hydrogen-bond donors (Lipinski definition) is 1. The van der Waals surface area contributed by atoms with Crippen LogP contribution in [0, 0.1) is 13.8 Å². The van der Waals surface area contributed by atoms with E-state index in [4.69, 9.17) is 32.7 Å². The van der Waals surface area contributed by atoms with Crippen molar-refractivity contribution in [2.45, 2.75) is 26.8 Å². The van der Waals surface area contributed by atoms with E-state index in [2.05, 4.69) is 10.3 Å². The molecule has 7 heteroatoms. The van der Waals surface area contributed by atoms with Crippen molar-refractivity contribution in [3.8, 4) is 11.5 Å². The molecule has 1 amide bonds. The molecule has 1 heterocycles. The highest BCUT2D eigenvalue weighted by Crippen LogP contribution is 2.26. The number of methoxy groups -OCH3 is 1. The molecule has 0 fully saturated rings. The molecule has 1 aromatic heterocycles. The summed E-state index contributed by atoms with van der Waals surface area (Å²) >= 11 is 11.8. The van der Waals surface area contributed by atoms with Crippen molar-refractivity contribution < 1.29 is 14.3 Å². The number of nitrogens with one attached hydrogen (secondary N) is 1. The van der Waals surface area contributed by atoms with E-state index in [1.54, 1.807) is 31.5 Å². The minimum atomic E-state index is -0.124. The van der Waals surface area contributed by atoms with Gasteiger partial charge in [0.15, 0.2) is 0 Å². The van der Waals surface area contributed by atoms with Gasteiger partial charge in [-0.1, -0.05) is 23.2 Å². The number of pyridine rings is 1. The summed E-state index contributed by atoms with van der Waals surface area (Å²) in [6.07, 6.45) is 1.96. The highest BCUT2D eigenvalue weighted by molar-refractivity contribution is 6.42. The number of benzene rings is 1. The summed E-state index contributed by atoms with van der Waals surface area (Å²) in [4.78, 5) is 16.3. The second-order valence-corrected chi connectivity index (χ2v) is 6.31. The summed E-state index contributed by atoms with van der Waals surface area (Å²) in [5, 5.41) is 3.71.